The van der Waals surface area contributed by atoms with Crippen LogP contribution in [0.5, 0.6) is 0 Å². The van der Waals surface area contributed by atoms with Crippen molar-refractivity contribution in [3.05, 3.63) is 22.6 Å². The average molecular weight is 126 g/mol. The third-order valence-electron chi connectivity index (χ3n) is 1.40. The maximum atomic E-state index is 4.25. The molecule has 0 saturated heterocycles. The van der Waals surface area contributed by atoms with E-state index in [4.69, 9.17) is 0 Å². The van der Waals surface area contributed by atoms with E-state index in [1.807, 2.05) is 0 Å². The first-order chi connectivity index (χ1) is 3.80. The second-order valence-electron chi connectivity index (χ2n) is 2.11. The molecule has 1 aliphatic rings. The van der Waals surface area contributed by atoms with Crippen LogP contribution in [0.25, 0.3) is 0 Å². The summed E-state index contributed by atoms with van der Waals surface area (Å²) in [5.41, 5.74) is 1.41. The molecule has 0 N–H and O–H groups in total. The largest absolute Gasteiger partial charge is 0.143 e. The quantitative estimate of drug-likeness (QED) is 0.474. The maximum Gasteiger partial charge on any atom is 0.00261 e. The van der Waals surface area contributed by atoms with Gasteiger partial charge in [-0.05, 0) is 19.8 Å². The van der Waals surface area contributed by atoms with Crippen LogP contribution in [0.3, 0.4) is 0 Å². The van der Waals surface area contributed by atoms with E-state index < -0.39 is 0 Å². The van der Waals surface area contributed by atoms with E-state index in [-0.39, 0.29) is 0 Å². The van der Waals surface area contributed by atoms with E-state index in [1.54, 1.807) is 0 Å². The summed E-state index contributed by atoms with van der Waals surface area (Å²) in [7, 11) is 0. The van der Waals surface area contributed by atoms with Crippen molar-refractivity contribution in [1.82, 2.24) is 0 Å². The van der Waals surface area contributed by atoms with Crippen molar-refractivity contribution >= 4 is 12.6 Å². The SMILES string of the molecule is CC1=C(S)C=CCC1. The summed E-state index contributed by atoms with van der Waals surface area (Å²) in [6.45, 7) is 2.13. The van der Waals surface area contributed by atoms with Gasteiger partial charge in [0.1, 0.15) is 0 Å². The number of thiol groups is 1. The molecular formula is C7H10S. The van der Waals surface area contributed by atoms with Crippen molar-refractivity contribution < 1.29 is 0 Å². The molecule has 0 aromatic rings. The lowest BCUT2D eigenvalue weighted by Gasteiger charge is -2.05. The summed E-state index contributed by atoms with van der Waals surface area (Å²) in [5.74, 6) is 0. The molecule has 1 rings (SSSR count). The molecule has 44 valence electrons. The van der Waals surface area contributed by atoms with Crippen LogP contribution in [0.2, 0.25) is 0 Å². The van der Waals surface area contributed by atoms with Gasteiger partial charge < -0.3 is 0 Å². The van der Waals surface area contributed by atoms with Gasteiger partial charge in [0.25, 0.3) is 0 Å². The van der Waals surface area contributed by atoms with Crippen molar-refractivity contribution in [3.63, 3.8) is 0 Å². The smallest absolute Gasteiger partial charge is 0.00261 e. The van der Waals surface area contributed by atoms with Crippen LogP contribution < -0.4 is 0 Å². The highest BCUT2D eigenvalue weighted by atomic mass is 32.1. The molecule has 1 aliphatic carbocycles. The zero-order chi connectivity index (χ0) is 5.98. The minimum Gasteiger partial charge on any atom is -0.143 e. The predicted octanol–water partition coefficient (Wildman–Crippen LogP) is 2.54. The molecule has 0 bridgehead atoms. The summed E-state index contributed by atoms with van der Waals surface area (Å²) in [5, 5.41) is 0. The fourth-order valence-electron chi connectivity index (χ4n) is 0.765. The average Bonchev–Trinajstić information content (AvgIpc) is 1.77. The molecule has 0 amide bonds. The number of allylic oxidation sites excluding steroid dienone is 3. The Hall–Kier alpha value is -0.170. The first kappa shape index (κ1) is 5.96. The van der Waals surface area contributed by atoms with Gasteiger partial charge in [-0.1, -0.05) is 17.7 Å². The number of hydrogen-bond donors (Lipinski definition) is 1. The van der Waals surface area contributed by atoms with Gasteiger partial charge in [-0.2, -0.15) is 0 Å². The topological polar surface area (TPSA) is 0 Å². The highest BCUT2D eigenvalue weighted by Crippen LogP contribution is 2.19. The van der Waals surface area contributed by atoms with Gasteiger partial charge in [-0.3, -0.25) is 0 Å². The Bertz CT molecular complexity index is 142. The van der Waals surface area contributed by atoms with E-state index in [2.05, 4.69) is 31.7 Å². The minimum absolute atomic E-state index is 1.15. The second-order valence-corrected chi connectivity index (χ2v) is 2.59. The van der Waals surface area contributed by atoms with Gasteiger partial charge in [0.05, 0.1) is 0 Å². The van der Waals surface area contributed by atoms with Crippen LogP contribution in [0, 0.1) is 0 Å². The van der Waals surface area contributed by atoms with Crippen molar-refractivity contribution in [2.75, 3.05) is 0 Å². The van der Waals surface area contributed by atoms with E-state index >= 15 is 0 Å². The van der Waals surface area contributed by atoms with Crippen LogP contribution in [0.1, 0.15) is 19.8 Å². The van der Waals surface area contributed by atoms with Crippen LogP contribution in [-0.2, 0) is 0 Å². The molecule has 0 spiro atoms. The summed E-state index contributed by atoms with van der Waals surface area (Å²) in [6.07, 6.45) is 6.61. The van der Waals surface area contributed by atoms with E-state index in [0.29, 0.717) is 0 Å². The highest BCUT2D eigenvalue weighted by Gasteiger charge is 1.97. The lowest BCUT2D eigenvalue weighted by Crippen LogP contribution is -1.83. The molecule has 0 atom stereocenters. The van der Waals surface area contributed by atoms with E-state index in [9.17, 15) is 0 Å². The van der Waals surface area contributed by atoms with Crippen molar-refractivity contribution in [2.45, 2.75) is 19.8 Å². The molecular weight excluding hydrogens is 116 g/mol. The molecule has 0 unspecified atom stereocenters. The Morgan fingerprint density at radius 2 is 2.38 bits per heavy atom. The molecule has 0 aromatic carbocycles. The van der Waals surface area contributed by atoms with Gasteiger partial charge in [-0.15, -0.1) is 12.6 Å². The first-order valence-corrected chi connectivity index (χ1v) is 3.30. The maximum absolute atomic E-state index is 4.25. The van der Waals surface area contributed by atoms with Crippen LogP contribution in [-0.4, -0.2) is 0 Å². The molecule has 8 heavy (non-hydrogen) atoms. The molecule has 0 saturated carbocycles. The highest BCUT2D eigenvalue weighted by molar-refractivity contribution is 7.84. The molecule has 0 nitrogen and oxygen atoms in total. The summed E-state index contributed by atoms with van der Waals surface area (Å²) < 4.78 is 0. The lowest BCUT2D eigenvalue weighted by molar-refractivity contribution is 0.958. The van der Waals surface area contributed by atoms with Crippen molar-refractivity contribution in [2.24, 2.45) is 0 Å². The normalized spacial score (nSPS) is 19.8. The fraction of sp³-hybridized carbons (Fsp3) is 0.429. The molecule has 0 heterocycles. The number of rotatable bonds is 0. The standard InChI is InChI=1S/C7H10S/c1-6-4-2-3-5-7(6)8/h3,5,8H,2,4H2,1H3. The van der Waals surface area contributed by atoms with Crippen LogP contribution >= 0.6 is 12.6 Å². The van der Waals surface area contributed by atoms with E-state index in [0.717, 1.165) is 4.91 Å². The van der Waals surface area contributed by atoms with Crippen molar-refractivity contribution in [1.29, 1.82) is 0 Å². The Labute approximate surface area is 55.7 Å². The monoisotopic (exact) mass is 126 g/mol. The summed E-state index contributed by atoms with van der Waals surface area (Å²) in [6, 6.07) is 0. The Kier molecular flexibility index (Phi) is 1.79. The fourth-order valence-corrected chi connectivity index (χ4v) is 0.982. The Morgan fingerprint density at radius 3 is 2.75 bits per heavy atom. The van der Waals surface area contributed by atoms with Gasteiger partial charge in [-0.25, -0.2) is 0 Å². The summed E-state index contributed by atoms with van der Waals surface area (Å²) in [4.78, 5) is 1.15. The zero-order valence-corrected chi connectivity index (χ0v) is 5.91. The van der Waals surface area contributed by atoms with E-state index in [1.165, 1.54) is 18.4 Å². The van der Waals surface area contributed by atoms with Crippen LogP contribution in [0.4, 0.5) is 0 Å². The van der Waals surface area contributed by atoms with Gasteiger partial charge in [0, 0.05) is 4.91 Å². The minimum atomic E-state index is 1.15. The predicted molar refractivity (Wildman–Crippen MR) is 40.1 cm³/mol. The molecule has 0 aromatic heterocycles. The van der Waals surface area contributed by atoms with Gasteiger partial charge in [0.2, 0.25) is 0 Å². The second kappa shape index (κ2) is 2.40. The molecule has 0 fully saturated rings. The third kappa shape index (κ3) is 1.16. The van der Waals surface area contributed by atoms with Crippen molar-refractivity contribution in [3.8, 4) is 0 Å². The Morgan fingerprint density at radius 1 is 1.62 bits per heavy atom. The zero-order valence-electron chi connectivity index (χ0n) is 5.02. The molecule has 0 radical (unpaired) electrons. The molecule has 1 heteroatoms. The first-order valence-electron chi connectivity index (χ1n) is 2.86. The lowest BCUT2D eigenvalue weighted by atomic mass is 10.1. The van der Waals surface area contributed by atoms with Gasteiger partial charge >= 0.3 is 0 Å². The third-order valence-corrected chi connectivity index (χ3v) is 1.93. The Balaban J connectivity index is 2.76. The van der Waals surface area contributed by atoms with Crippen LogP contribution in [0.15, 0.2) is 22.6 Å². The number of hydrogen-bond acceptors (Lipinski definition) is 1. The summed E-state index contributed by atoms with van der Waals surface area (Å²) >= 11 is 4.25. The molecule has 0 aliphatic heterocycles. The van der Waals surface area contributed by atoms with Gasteiger partial charge in [0.15, 0.2) is 0 Å².